The number of hydrogen-bond acceptors (Lipinski definition) is 3. The second kappa shape index (κ2) is 9.35. The van der Waals surface area contributed by atoms with Crippen molar-refractivity contribution in [2.75, 3.05) is 11.9 Å². The van der Waals surface area contributed by atoms with Gasteiger partial charge in [0.1, 0.15) is 6.04 Å². The Kier molecular flexibility index (Phi) is 6.83. The molecule has 2 aromatic rings. The molecule has 2 aromatic carbocycles. The van der Waals surface area contributed by atoms with Crippen molar-refractivity contribution in [2.24, 2.45) is 0 Å². The predicted octanol–water partition coefficient (Wildman–Crippen LogP) is 2.69. The first kappa shape index (κ1) is 17.5. The molecule has 0 saturated heterocycles. The second-order valence-electron chi connectivity index (χ2n) is 5.56. The van der Waals surface area contributed by atoms with Gasteiger partial charge in [0.2, 0.25) is 5.91 Å². The van der Waals surface area contributed by atoms with Crippen molar-refractivity contribution in [3.63, 3.8) is 0 Å². The highest BCUT2D eigenvalue weighted by molar-refractivity contribution is 5.84. The lowest BCUT2D eigenvalue weighted by Gasteiger charge is -2.15. The summed E-state index contributed by atoms with van der Waals surface area (Å²) in [5.74, 6) is -1.28. The molecule has 2 rings (SSSR count). The van der Waals surface area contributed by atoms with Crippen molar-refractivity contribution >= 4 is 17.6 Å². The van der Waals surface area contributed by atoms with Gasteiger partial charge in [0.05, 0.1) is 6.42 Å². The smallest absolute Gasteiger partial charge is 0.326 e. The number of carboxylic acid groups (broad SMARTS) is 1. The monoisotopic (exact) mass is 326 g/mol. The molecule has 24 heavy (non-hydrogen) atoms. The van der Waals surface area contributed by atoms with Crippen LogP contribution in [-0.4, -0.2) is 29.6 Å². The van der Waals surface area contributed by atoms with Crippen molar-refractivity contribution in [1.29, 1.82) is 0 Å². The SMILES string of the molecule is O=C(Cc1ccccc1)NC(CCCNc1ccccc1)C(=O)O. The van der Waals surface area contributed by atoms with Crippen LogP contribution in [0.5, 0.6) is 0 Å². The summed E-state index contributed by atoms with van der Waals surface area (Å²) in [6.07, 6.45) is 1.22. The van der Waals surface area contributed by atoms with E-state index in [9.17, 15) is 14.7 Å². The lowest BCUT2D eigenvalue weighted by atomic mass is 10.1. The number of amides is 1. The summed E-state index contributed by atoms with van der Waals surface area (Å²) in [4.78, 5) is 23.3. The Balaban J connectivity index is 1.75. The number of carbonyl (C=O) groups is 2. The number of benzene rings is 2. The quantitative estimate of drug-likeness (QED) is 0.619. The van der Waals surface area contributed by atoms with Crippen LogP contribution in [0.2, 0.25) is 0 Å². The molecule has 0 bridgehead atoms. The molecule has 0 radical (unpaired) electrons. The van der Waals surface area contributed by atoms with Gasteiger partial charge in [0.25, 0.3) is 0 Å². The number of hydrogen-bond donors (Lipinski definition) is 3. The number of anilines is 1. The maximum absolute atomic E-state index is 12.0. The number of carboxylic acids is 1. The van der Waals surface area contributed by atoms with E-state index in [0.29, 0.717) is 19.4 Å². The van der Waals surface area contributed by atoms with Crippen LogP contribution in [0.3, 0.4) is 0 Å². The average molecular weight is 326 g/mol. The van der Waals surface area contributed by atoms with E-state index in [0.717, 1.165) is 11.3 Å². The fourth-order valence-corrected chi connectivity index (χ4v) is 2.38. The molecule has 1 atom stereocenters. The van der Waals surface area contributed by atoms with E-state index < -0.39 is 12.0 Å². The first-order valence-corrected chi connectivity index (χ1v) is 8.00. The van der Waals surface area contributed by atoms with E-state index in [1.54, 1.807) is 0 Å². The predicted molar refractivity (Wildman–Crippen MR) is 93.9 cm³/mol. The molecule has 0 aromatic heterocycles. The number of para-hydroxylation sites is 1. The zero-order chi connectivity index (χ0) is 17.2. The molecule has 1 unspecified atom stereocenters. The Bertz CT molecular complexity index is 644. The number of carbonyl (C=O) groups excluding carboxylic acids is 1. The third-order valence-electron chi connectivity index (χ3n) is 3.61. The maximum Gasteiger partial charge on any atom is 0.326 e. The van der Waals surface area contributed by atoms with Crippen LogP contribution in [0.1, 0.15) is 18.4 Å². The Morgan fingerprint density at radius 2 is 1.58 bits per heavy atom. The largest absolute Gasteiger partial charge is 0.480 e. The molecule has 5 heteroatoms. The zero-order valence-corrected chi connectivity index (χ0v) is 13.4. The fraction of sp³-hybridized carbons (Fsp3) is 0.263. The molecule has 0 spiro atoms. The maximum atomic E-state index is 12.0. The van der Waals surface area contributed by atoms with Crippen molar-refractivity contribution in [3.05, 3.63) is 66.2 Å². The Morgan fingerprint density at radius 3 is 2.21 bits per heavy atom. The van der Waals surface area contributed by atoms with E-state index in [4.69, 9.17) is 0 Å². The Hall–Kier alpha value is -2.82. The van der Waals surface area contributed by atoms with Crippen LogP contribution in [0, 0.1) is 0 Å². The lowest BCUT2D eigenvalue weighted by molar-refractivity contribution is -0.141. The standard InChI is InChI=1S/C19H22N2O3/c22-18(14-15-8-3-1-4-9-15)21-17(19(23)24)12-7-13-20-16-10-5-2-6-11-16/h1-6,8-11,17,20H,7,12-14H2,(H,21,22)(H,23,24). The summed E-state index contributed by atoms with van der Waals surface area (Å²) in [7, 11) is 0. The van der Waals surface area contributed by atoms with E-state index in [2.05, 4.69) is 10.6 Å². The van der Waals surface area contributed by atoms with Gasteiger partial charge in [-0.25, -0.2) is 4.79 Å². The summed E-state index contributed by atoms with van der Waals surface area (Å²) in [6.45, 7) is 0.655. The normalized spacial score (nSPS) is 11.5. The van der Waals surface area contributed by atoms with Gasteiger partial charge in [-0.2, -0.15) is 0 Å². The summed E-state index contributed by atoms with van der Waals surface area (Å²) >= 11 is 0. The first-order chi connectivity index (χ1) is 11.6. The summed E-state index contributed by atoms with van der Waals surface area (Å²) in [5.41, 5.74) is 1.86. The highest BCUT2D eigenvalue weighted by Gasteiger charge is 2.19. The van der Waals surface area contributed by atoms with Gasteiger partial charge >= 0.3 is 5.97 Å². The van der Waals surface area contributed by atoms with Crippen molar-refractivity contribution in [1.82, 2.24) is 5.32 Å². The third kappa shape index (κ3) is 6.12. The fourth-order valence-electron chi connectivity index (χ4n) is 2.38. The second-order valence-corrected chi connectivity index (χ2v) is 5.56. The Morgan fingerprint density at radius 1 is 0.958 bits per heavy atom. The van der Waals surface area contributed by atoms with Gasteiger partial charge in [0.15, 0.2) is 0 Å². The minimum Gasteiger partial charge on any atom is -0.480 e. The number of nitrogens with one attached hydrogen (secondary N) is 2. The van der Waals surface area contributed by atoms with E-state index in [1.807, 2.05) is 60.7 Å². The molecule has 0 fully saturated rings. The minimum absolute atomic E-state index is 0.187. The number of aliphatic carboxylic acids is 1. The molecule has 1 amide bonds. The molecular formula is C19H22N2O3. The van der Waals surface area contributed by atoms with Gasteiger partial charge in [-0.05, 0) is 30.5 Å². The molecule has 3 N–H and O–H groups in total. The molecule has 0 heterocycles. The van der Waals surface area contributed by atoms with Crippen molar-refractivity contribution < 1.29 is 14.7 Å². The molecule has 5 nitrogen and oxygen atoms in total. The van der Waals surface area contributed by atoms with Crippen molar-refractivity contribution in [3.8, 4) is 0 Å². The van der Waals surface area contributed by atoms with Crippen LogP contribution in [-0.2, 0) is 16.0 Å². The van der Waals surface area contributed by atoms with Crippen LogP contribution in [0.25, 0.3) is 0 Å². The Labute approximate surface area is 141 Å². The molecule has 126 valence electrons. The average Bonchev–Trinajstić information content (AvgIpc) is 2.59. The van der Waals surface area contributed by atoms with Gasteiger partial charge < -0.3 is 15.7 Å². The van der Waals surface area contributed by atoms with Crippen LogP contribution < -0.4 is 10.6 Å². The van der Waals surface area contributed by atoms with Crippen LogP contribution in [0.15, 0.2) is 60.7 Å². The summed E-state index contributed by atoms with van der Waals surface area (Å²) < 4.78 is 0. The van der Waals surface area contributed by atoms with Crippen LogP contribution >= 0.6 is 0 Å². The topological polar surface area (TPSA) is 78.4 Å². The molecule has 0 aliphatic heterocycles. The van der Waals surface area contributed by atoms with Crippen LogP contribution in [0.4, 0.5) is 5.69 Å². The summed E-state index contributed by atoms with van der Waals surface area (Å²) in [5, 5.41) is 15.1. The first-order valence-electron chi connectivity index (χ1n) is 8.00. The highest BCUT2D eigenvalue weighted by Crippen LogP contribution is 2.06. The van der Waals surface area contributed by atoms with E-state index in [-0.39, 0.29) is 12.3 Å². The van der Waals surface area contributed by atoms with Gasteiger partial charge in [-0.3, -0.25) is 4.79 Å². The number of rotatable bonds is 9. The molecule has 0 aliphatic carbocycles. The van der Waals surface area contributed by atoms with E-state index >= 15 is 0 Å². The molecule has 0 saturated carbocycles. The summed E-state index contributed by atoms with van der Waals surface area (Å²) in [6, 6.07) is 18.1. The van der Waals surface area contributed by atoms with Gasteiger partial charge in [-0.1, -0.05) is 48.5 Å². The van der Waals surface area contributed by atoms with Crippen molar-refractivity contribution in [2.45, 2.75) is 25.3 Å². The van der Waals surface area contributed by atoms with E-state index in [1.165, 1.54) is 0 Å². The highest BCUT2D eigenvalue weighted by atomic mass is 16.4. The lowest BCUT2D eigenvalue weighted by Crippen LogP contribution is -2.41. The molecule has 0 aliphatic rings. The minimum atomic E-state index is -1.00. The van der Waals surface area contributed by atoms with Gasteiger partial charge in [0, 0.05) is 12.2 Å². The molecular weight excluding hydrogens is 304 g/mol. The zero-order valence-electron chi connectivity index (χ0n) is 13.4. The third-order valence-corrected chi connectivity index (χ3v) is 3.61. The van der Waals surface area contributed by atoms with Gasteiger partial charge in [-0.15, -0.1) is 0 Å².